The summed E-state index contributed by atoms with van der Waals surface area (Å²) in [6.07, 6.45) is 0. The minimum atomic E-state index is 0.522. The van der Waals surface area contributed by atoms with Crippen LogP contribution in [0.3, 0.4) is 0 Å². The molecule has 17 heavy (non-hydrogen) atoms. The Morgan fingerprint density at radius 3 is 2.53 bits per heavy atom. The summed E-state index contributed by atoms with van der Waals surface area (Å²) in [5, 5.41) is 9.95. The highest BCUT2D eigenvalue weighted by atomic mass is 35.5. The largest absolute Gasteiger partial charge is 0.192 e. The molecule has 0 fully saturated rings. The van der Waals surface area contributed by atoms with Crippen molar-refractivity contribution in [3.05, 3.63) is 57.6 Å². The van der Waals surface area contributed by atoms with Gasteiger partial charge in [0.05, 0.1) is 11.6 Å². The Balaban J connectivity index is 2.66. The van der Waals surface area contributed by atoms with E-state index in [4.69, 9.17) is 28.5 Å². The first-order valence-corrected chi connectivity index (χ1v) is 5.76. The van der Waals surface area contributed by atoms with Crippen LogP contribution in [0.5, 0.6) is 0 Å². The Morgan fingerprint density at radius 1 is 1.18 bits per heavy atom. The highest BCUT2D eigenvalue weighted by Gasteiger charge is 2.10. The Labute approximate surface area is 110 Å². The van der Waals surface area contributed by atoms with Crippen LogP contribution in [0.4, 0.5) is 0 Å². The maximum atomic E-state index is 8.79. The molecule has 1 nitrogen and oxygen atoms in total. The molecule has 0 aromatic heterocycles. The van der Waals surface area contributed by atoms with E-state index in [1.165, 1.54) is 0 Å². The quantitative estimate of drug-likeness (QED) is 0.733. The van der Waals surface area contributed by atoms with Crippen molar-refractivity contribution in [3.63, 3.8) is 0 Å². The number of nitriles is 1. The summed E-state index contributed by atoms with van der Waals surface area (Å²) in [6.45, 7) is 1.93. The molecule has 0 spiro atoms. The fraction of sp³-hybridized carbons (Fsp3) is 0.0714. The van der Waals surface area contributed by atoms with Crippen LogP contribution < -0.4 is 0 Å². The average Bonchev–Trinajstić information content (AvgIpc) is 2.30. The van der Waals surface area contributed by atoms with Gasteiger partial charge in [-0.15, -0.1) is 0 Å². The third-order valence-corrected chi connectivity index (χ3v) is 3.14. The molecule has 0 saturated heterocycles. The van der Waals surface area contributed by atoms with Gasteiger partial charge < -0.3 is 0 Å². The van der Waals surface area contributed by atoms with Gasteiger partial charge in [0.15, 0.2) is 0 Å². The predicted octanol–water partition coefficient (Wildman–Crippen LogP) is 4.64. The zero-order valence-corrected chi connectivity index (χ0v) is 10.6. The van der Waals surface area contributed by atoms with Gasteiger partial charge in [-0.05, 0) is 36.8 Å². The van der Waals surface area contributed by atoms with E-state index in [9.17, 15) is 0 Å². The van der Waals surface area contributed by atoms with Crippen molar-refractivity contribution >= 4 is 23.2 Å². The zero-order valence-electron chi connectivity index (χ0n) is 9.09. The van der Waals surface area contributed by atoms with Crippen molar-refractivity contribution < 1.29 is 0 Å². The lowest BCUT2D eigenvalue weighted by atomic mass is 9.99. The van der Waals surface area contributed by atoms with Gasteiger partial charge in [-0.25, -0.2) is 0 Å². The summed E-state index contributed by atoms with van der Waals surface area (Å²) in [7, 11) is 0. The summed E-state index contributed by atoms with van der Waals surface area (Å²) in [4.78, 5) is 0. The highest BCUT2D eigenvalue weighted by Crippen LogP contribution is 2.35. The van der Waals surface area contributed by atoms with Crippen molar-refractivity contribution in [2.45, 2.75) is 6.92 Å². The second-order valence-corrected chi connectivity index (χ2v) is 4.45. The Morgan fingerprint density at radius 2 is 1.94 bits per heavy atom. The van der Waals surface area contributed by atoms with E-state index in [1.54, 1.807) is 24.3 Å². The molecule has 0 unspecified atom stereocenters. The Kier molecular flexibility index (Phi) is 3.38. The van der Waals surface area contributed by atoms with Crippen LogP contribution in [0, 0.1) is 24.3 Å². The topological polar surface area (TPSA) is 23.8 Å². The lowest BCUT2D eigenvalue weighted by molar-refractivity contribution is 1.44. The fourth-order valence-corrected chi connectivity index (χ4v) is 2.27. The first kappa shape index (κ1) is 12.0. The van der Waals surface area contributed by atoms with Crippen molar-refractivity contribution in [1.82, 2.24) is 0 Å². The van der Waals surface area contributed by atoms with E-state index in [2.05, 4.69) is 12.1 Å². The van der Waals surface area contributed by atoms with Crippen LogP contribution in [0.25, 0.3) is 11.1 Å². The van der Waals surface area contributed by atoms with Gasteiger partial charge in [-0.3, -0.25) is 0 Å². The van der Waals surface area contributed by atoms with Crippen molar-refractivity contribution in [2.24, 2.45) is 0 Å². The SMILES string of the molecule is Cc1[c]ccc(Cl)c1-c1ccc(C#N)cc1Cl. The second-order valence-electron chi connectivity index (χ2n) is 3.63. The standard InChI is InChI=1S/C14H8Cl2N/c1-9-3-2-4-12(15)14(9)11-6-5-10(8-17)7-13(11)16/h2,4-7H,1H3. The molecule has 3 heteroatoms. The summed E-state index contributed by atoms with van der Waals surface area (Å²) in [5.74, 6) is 0. The number of hydrogen-bond acceptors (Lipinski definition) is 1. The third kappa shape index (κ3) is 2.29. The van der Waals surface area contributed by atoms with Gasteiger partial charge in [0.1, 0.15) is 0 Å². The first-order chi connectivity index (χ1) is 8.13. The molecule has 0 N–H and O–H groups in total. The molecule has 0 saturated carbocycles. The second kappa shape index (κ2) is 4.79. The summed E-state index contributed by atoms with van der Waals surface area (Å²) in [6, 6.07) is 13.9. The number of halogens is 2. The lowest BCUT2D eigenvalue weighted by Gasteiger charge is -2.10. The molecule has 0 heterocycles. The Bertz CT molecular complexity index is 592. The molecule has 2 aromatic carbocycles. The van der Waals surface area contributed by atoms with Gasteiger partial charge >= 0.3 is 0 Å². The van der Waals surface area contributed by atoms with E-state index in [0.29, 0.717) is 15.6 Å². The Hall–Kier alpha value is -1.49. The average molecular weight is 261 g/mol. The number of aryl methyl sites for hydroxylation is 1. The minimum Gasteiger partial charge on any atom is -0.192 e. The molecule has 83 valence electrons. The van der Waals surface area contributed by atoms with E-state index in [1.807, 2.05) is 13.0 Å². The molecule has 2 rings (SSSR count). The number of hydrogen-bond donors (Lipinski definition) is 0. The molecule has 1 radical (unpaired) electrons. The van der Waals surface area contributed by atoms with Crippen LogP contribution in [0.1, 0.15) is 11.1 Å². The molecular weight excluding hydrogens is 253 g/mol. The molecule has 2 aromatic rings. The lowest BCUT2D eigenvalue weighted by Crippen LogP contribution is -1.87. The molecule has 0 bridgehead atoms. The van der Waals surface area contributed by atoms with Crippen LogP contribution in [0.2, 0.25) is 10.0 Å². The third-order valence-electron chi connectivity index (χ3n) is 2.51. The zero-order chi connectivity index (χ0) is 12.4. The molecule has 0 aliphatic rings. The van der Waals surface area contributed by atoms with E-state index in [0.717, 1.165) is 16.7 Å². The summed E-state index contributed by atoms with van der Waals surface area (Å²) in [5.41, 5.74) is 3.16. The molecular formula is C14H8Cl2N. The smallest absolute Gasteiger partial charge is 0.0992 e. The van der Waals surface area contributed by atoms with Crippen LogP contribution in [-0.2, 0) is 0 Å². The van der Waals surface area contributed by atoms with E-state index in [-0.39, 0.29) is 0 Å². The van der Waals surface area contributed by atoms with Crippen molar-refractivity contribution in [2.75, 3.05) is 0 Å². The highest BCUT2D eigenvalue weighted by molar-refractivity contribution is 6.36. The molecule has 0 aliphatic carbocycles. The van der Waals surface area contributed by atoms with Crippen molar-refractivity contribution in [3.8, 4) is 17.2 Å². The van der Waals surface area contributed by atoms with Crippen LogP contribution in [-0.4, -0.2) is 0 Å². The van der Waals surface area contributed by atoms with Gasteiger partial charge in [0.2, 0.25) is 0 Å². The van der Waals surface area contributed by atoms with Crippen LogP contribution >= 0.6 is 23.2 Å². The molecule has 0 atom stereocenters. The van der Waals surface area contributed by atoms with Gasteiger partial charge in [0, 0.05) is 21.2 Å². The first-order valence-electron chi connectivity index (χ1n) is 5.00. The normalized spacial score (nSPS) is 10.0. The van der Waals surface area contributed by atoms with Crippen molar-refractivity contribution in [1.29, 1.82) is 5.26 Å². The van der Waals surface area contributed by atoms with Gasteiger partial charge in [0.25, 0.3) is 0 Å². The van der Waals surface area contributed by atoms with E-state index >= 15 is 0 Å². The number of benzene rings is 2. The number of nitrogens with zero attached hydrogens (tertiary/aromatic N) is 1. The monoisotopic (exact) mass is 260 g/mol. The summed E-state index contributed by atoms with van der Waals surface area (Å²) < 4.78 is 0. The van der Waals surface area contributed by atoms with E-state index < -0.39 is 0 Å². The minimum absolute atomic E-state index is 0.522. The maximum Gasteiger partial charge on any atom is 0.0992 e. The summed E-state index contributed by atoms with van der Waals surface area (Å²) >= 11 is 12.3. The van der Waals surface area contributed by atoms with Gasteiger partial charge in [-0.1, -0.05) is 35.3 Å². The fourth-order valence-electron chi connectivity index (χ4n) is 1.69. The number of rotatable bonds is 1. The maximum absolute atomic E-state index is 8.79. The molecule has 0 aliphatic heterocycles. The molecule has 0 amide bonds. The van der Waals surface area contributed by atoms with Crippen LogP contribution in [0.15, 0.2) is 30.3 Å². The van der Waals surface area contributed by atoms with Gasteiger partial charge in [-0.2, -0.15) is 5.26 Å². The predicted molar refractivity (Wildman–Crippen MR) is 70.2 cm³/mol.